The van der Waals surface area contributed by atoms with Gasteiger partial charge in [-0.25, -0.2) is 19.9 Å². The molecule has 0 spiro atoms. The molecule has 0 saturated carbocycles. The van der Waals surface area contributed by atoms with E-state index >= 15 is 0 Å². The van der Waals surface area contributed by atoms with Crippen LogP contribution in [0.15, 0.2) is 225 Å². The Morgan fingerprint density at radius 1 is 0.258 bits per heavy atom. The van der Waals surface area contributed by atoms with Crippen molar-refractivity contribution < 1.29 is 0 Å². The van der Waals surface area contributed by atoms with Crippen LogP contribution >= 0.6 is 0 Å². The summed E-state index contributed by atoms with van der Waals surface area (Å²) >= 11 is 0. The Bertz CT molecular complexity index is 3280. The van der Waals surface area contributed by atoms with E-state index in [0.717, 1.165) is 94.7 Å². The predicted molar refractivity (Wildman–Crippen MR) is 254 cm³/mol. The molecule has 4 heterocycles. The van der Waals surface area contributed by atoms with Crippen LogP contribution in [0.3, 0.4) is 0 Å². The Morgan fingerprint density at radius 3 is 1.24 bits per heavy atom. The molecule has 0 aliphatic heterocycles. The zero-order chi connectivity index (χ0) is 41.2. The molecule has 62 heavy (non-hydrogen) atoms. The molecule has 4 aromatic heterocycles. The quantitative estimate of drug-likeness (QED) is 0.143. The fourth-order valence-corrected chi connectivity index (χ4v) is 8.15. The van der Waals surface area contributed by atoms with Crippen LogP contribution in [0.4, 0.5) is 0 Å². The normalized spacial score (nSPS) is 11.2. The summed E-state index contributed by atoms with van der Waals surface area (Å²) in [5.74, 6) is 0.687. The molecule has 0 bridgehead atoms. The summed E-state index contributed by atoms with van der Waals surface area (Å²) in [5.41, 5.74) is 17.3. The molecule has 0 N–H and O–H groups in total. The number of aromatic nitrogens is 5. The second-order valence-electron chi connectivity index (χ2n) is 15.3. The minimum Gasteiger partial charge on any atom is -0.265 e. The van der Waals surface area contributed by atoms with E-state index in [1.165, 1.54) is 11.1 Å². The van der Waals surface area contributed by atoms with E-state index in [4.69, 9.17) is 19.9 Å². The molecule has 7 aromatic carbocycles. The summed E-state index contributed by atoms with van der Waals surface area (Å²) in [6, 6.07) is 73.9. The van der Waals surface area contributed by atoms with Crippen LogP contribution in [0.1, 0.15) is 0 Å². The lowest BCUT2D eigenvalue weighted by atomic mass is 9.96. The molecule has 11 aromatic rings. The third-order valence-corrected chi connectivity index (χ3v) is 11.4. The van der Waals surface area contributed by atoms with E-state index < -0.39 is 0 Å². The van der Waals surface area contributed by atoms with Crippen molar-refractivity contribution in [1.29, 1.82) is 0 Å². The first-order valence-electron chi connectivity index (χ1n) is 20.7. The number of hydrogen-bond donors (Lipinski definition) is 0. The molecule has 0 unspecified atom stereocenters. The summed E-state index contributed by atoms with van der Waals surface area (Å²) < 4.78 is 0. The topological polar surface area (TPSA) is 64.5 Å². The van der Waals surface area contributed by atoms with Crippen molar-refractivity contribution in [2.75, 3.05) is 0 Å². The highest BCUT2D eigenvalue weighted by Gasteiger charge is 2.15. The van der Waals surface area contributed by atoms with E-state index in [1.54, 1.807) is 12.4 Å². The van der Waals surface area contributed by atoms with Crippen LogP contribution < -0.4 is 0 Å². The van der Waals surface area contributed by atoms with Gasteiger partial charge >= 0.3 is 0 Å². The maximum atomic E-state index is 5.35. The van der Waals surface area contributed by atoms with E-state index in [2.05, 4.69) is 163 Å². The molecule has 0 atom stereocenters. The van der Waals surface area contributed by atoms with Crippen LogP contribution in [0, 0.1) is 0 Å². The first kappa shape index (κ1) is 36.7. The lowest BCUT2D eigenvalue weighted by molar-refractivity contribution is 1.18. The van der Waals surface area contributed by atoms with Crippen molar-refractivity contribution in [3.8, 4) is 89.8 Å². The average molecular weight is 792 g/mol. The lowest BCUT2D eigenvalue weighted by Gasteiger charge is -2.13. The highest BCUT2D eigenvalue weighted by molar-refractivity contribution is 6.09. The van der Waals surface area contributed by atoms with Gasteiger partial charge in [0.25, 0.3) is 0 Å². The largest absolute Gasteiger partial charge is 0.265 e. The summed E-state index contributed by atoms with van der Waals surface area (Å²) in [4.78, 5) is 24.8. The third kappa shape index (κ3) is 7.18. The molecule has 5 heteroatoms. The van der Waals surface area contributed by atoms with Crippen molar-refractivity contribution in [2.45, 2.75) is 0 Å². The van der Waals surface area contributed by atoms with Crippen molar-refractivity contribution in [3.05, 3.63) is 225 Å². The molecule has 5 nitrogen and oxygen atoms in total. The number of rotatable bonds is 8. The Morgan fingerprint density at radius 2 is 0.677 bits per heavy atom. The molecule has 0 aliphatic carbocycles. The summed E-state index contributed by atoms with van der Waals surface area (Å²) in [5, 5.41) is 2.12. The van der Waals surface area contributed by atoms with Gasteiger partial charge in [0.2, 0.25) is 0 Å². The van der Waals surface area contributed by atoms with Crippen LogP contribution in [0.5, 0.6) is 0 Å². The molecule has 0 saturated heterocycles. The SMILES string of the molecule is c1ccc(-c2ccc(-c3cc(-c4ccccc4)c4ccc5ccc(-c6ccc(-c7ccc(-c8cc(-c9ccncc9)nc(-c9ccccc9)n8)cc7)cc6)nc5c4n3)cc2)cc1. The van der Waals surface area contributed by atoms with Crippen molar-refractivity contribution >= 4 is 21.8 Å². The van der Waals surface area contributed by atoms with Gasteiger partial charge in [0.15, 0.2) is 5.82 Å². The summed E-state index contributed by atoms with van der Waals surface area (Å²) in [7, 11) is 0. The van der Waals surface area contributed by atoms with Crippen LogP contribution in [0.2, 0.25) is 0 Å². The first-order chi connectivity index (χ1) is 30.7. The molecule has 0 aliphatic rings. The van der Waals surface area contributed by atoms with Gasteiger partial charge in [-0.2, -0.15) is 0 Å². The second kappa shape index (κ2) is 16.0. The monoisotopic (exact) mass is 791 g/mol. The molecular formula is C57H37N5. The van der Waals surface area contributed by atoms with Gasteiger partial charge in [-0.05, 0) is 63.7 Å². The van der Waals surface area contributed by atoms with Gasteiger partial charge in [-0.3, -0.25) is 4.98 Å². The van der Waals surface area contributed by atoms with Gasteiger partial charge in [-0.15, -0.1) is 0 Å². The smallest absolute Gasteiger partial charge is 0.160 e. The standard InChI is InChI=1S/C57H37N5/c1-4-10-38(11-5-1)39-18-24-44(25-19-39)52-36-50(42-12-6-2-7-13-42)49-30-28-47-29-31-51(59-55(47)56(49)60-52)43-22-16-40(17-23-43)41-20-26-45(27-21-41)53-37-54(46-32-34-58-35-33-46)62-57(61-53)48-14-8-3-9-15-48/h1-37H. The number of hydrogen-bond acceptors (Lipinski definition) is 5. The molecule has 11 rings (SSSR count). The third-order valence-electron chi connectivity index (χ3n) is 11.4. The zero-order valence-corrected chi connectivity index (χ0v) is 33.6. The van der Waals surface area contributed by atoms with Gasteiger partial charge in [0, 0.05) is 51.0 Å². The minimum atomic E-state index is 0.687. The van der Waals surface area contributed by atoms with Crippen LogP contribution in [-0.2, 0) is 0 Å². The van der Waals surface area contributed by atoms with Crippen molar-refractivity contribution in [3.63, 3.8) is 0 Å². The Labute approximate surface area is 359 Å². The van der Waals surface area contributed by atoms with Crippen molar-refractivity contribution in [1.82, 2.24) is 24.9 Å². The lowest BCUT2D eigenvalue weighted by Crippen LogP contribution is -1.96. The number of pyridine rings is 3. The van der Waals surface area contributed by atoms with Crippen LogP contribution in [0.25, 0.3) is 112 Å². The van der Waals surface area contributed by atoms with Gasteiger partial charge in [0.05, 0.1) is 33.8 Å². The maximum absolute atomic E-state index is 5.35. The number of fused-ring (bicyclic) bond motifs is 3. The molecule has 0 amide bonds. The fourth-order valence-electron chi connectivity index (χ4n) is 8.15. The zero-order valence-electron chi connectivity index (χ0n) is 33.6. The minimum absolute atomic E-state index is 0.687. The second-order valence-corrected chi connectivity index (χ2v) is 15.3. The van der Waals surface area contributed by atoms with Crippen molar-refractivity contribution in [2.24, 2.45) is 0 Å². The van der Waals surface area contributed by atoms with Gasteiger partial charge in [0.1, 0.15) is 0 Å². The average Bonchev–Trinajstić information content (AvgIpc) is 3.37. The Kier molecular flexibility index (Phi) is 9.45. The number of nitrogens with zero attached hydrogens (tertiary/aromatic N) is 5. The molecular weight excluding hydrogens is 755 g/mol. The van der Waals surface area contributed by atoms with E-state index in [0.29, 0.717) is 5.82 Å². The summed E-state index contributed by atoms with van der Waals surface area (Å²) in [6.45, 7) is 0. The van der Waals surface area contributed by atoms with E-state index in [1.807, 2.05) is 54.6 Å². The Balaban J connectivity index is 0.928. The van der Waals surface area contributed by atoms with E-state index in [9.17, 15) is 0 Å². The van der Waals surface area contributed by atoms with Gasteiger partial charge < -0.3 is 0 Å². The molecule has 0 fully saturated rings. The molecule has 290 valence electrons. The number of benzene rings is 7. The first-order valence-corrected chi connectivity index (χ1v) is 20.7. The van der Waals surface area contributed by atoms with E-state index in [-0.39, 0.29) is 0 Å². The highest BCUT2D eigenvalue weighted by atomic mass is 14.9. The van der Waals surface area contributed by atoms with Gasteiger partial charge in [-0.1, -0.05) is 182 Å². The summed E-state index contributed by atoms with van der Waals surface area (Å²) in [6.07, 6.45) is 3.58. The van der Waals surface area contributed by atoms with Crippen LogP contribution in [-0.4, -0.2) is 24.9 Å². The highest BCUT2D eigenvalue weighted by Crippen LogP contribution is 2.37. The molecule has 0 radical (unpaired) electrons. The maximum Gasteiger partial charge on any atom is 0.160 e. The Hall–Kier alpha value is -8.41. The predicted octanol–water partition coefficient (Wildman–Crippen LogP) is 14.3. The fraction of sp³-hybridized carbons (Fsp3) is 0.